The van der Waals surface area contributed by atoms with Crippen LogP contribution < -0.4 is 103 Å². The number of esters is 2. The van der Waals surface area contributed by atoms with E-state index in [0.717, 1.165) is 0 Å². The SMILES string of the molecule is O=C1O[C@H]([C@@H](O)CO)C(O)=C1OS(=O)(=O)[O-].O=C1O[C@H]([C@@H](O)CO)C(O)=C1OS(=O)(=O)[O-].[K+].[K+]. The number of carbonyl (C=O) groups excluding carboxylic acids is 2. The Bertz CT molecular complexity index is 936. The first-order valence-corrected chi connectivity index (χ1v) is 10.4. The van der Waals surface area contributed by atoms with Crippen LogP contribution in [0.4, 0.5) is 0 Å². The molecule has 0 unspecified atom stereocenters. The van der Waals surface area contributed by atoms with E-state index in [1.165, 1.54) is 0 Å². The molecule has 0 aliphatic carbocycles. The van der Waals surface area contributed by atoms with Gasteiger partial charge in [-0.1, -0.05) is 0 Å². The van der Waals surface area contributed by atoms with E-state index in [1.54, 1.807) is 0 Å². The minimum Gasteiger partial charge on any atom is -0.716 e. The minimum atomic E-state index is -5.24. The molecule has 0 fully saturated rings. The largest absolute Gasteiger partial charge is 1.00 e. The van der Waals surface area contributed by atoms with Crippen molar-refractivity contribution >= 4 is 32.7 Å². The Labute approximate surface area is 275 Å². The molecule has 2 heterocycles. The molecule has 34 heavy (non-hydrogen) atoms. The first-order valence-electron chi connectivity index (χ1n) is 7.69. The zero-order valence-corrected chi connectivity index (χ0v) is 25.0. The summed E-state index contributed by atoms with van der Waals surface area (Å²) < 4.78 is 76.9. The third-order valence-corrected chi connectivity index (χ3v) is 4.03. The Kier molecular flexibility index (Phi) is 16.3. The first kappa shape index (κ1) is 36.7. The molecule has 4 atom stereocenters. The molecule has 0 aromatic rings. The van der Waals surface area contributed by atoms with E-state index < -0.39 is 93.4 Å². The van der Waals surface area contributed by atoms with E-state index in [1.807, 2.05) is 0 Å². The van der Waals surface area contributed by atoms with Crippen LogP contribution in [-0.4, -0.2) is 106 Å². The third-order valence-electron chi connectivity index (χ3n) is 3.29. The summed E-state index contributed by atoms with van der Waals surface area (Å²) in [5.41, 5.74) is 0. The number of rotatable bonds is 8. The number of aliphatic hydroxyl groups is 6. The summed E-state index contributed by atoms with van der Waals surface area (Å²) in [5.74, 6) is -7.40. The monoisotopic (exact) mass is 588 g/mol. The van der Waals surface area contributed by atoms with Gasteiger partial charge in [0, 0.05) is 0 Å². The quantitative estimate of drug-likeness (QED) is 0.0663. The number of hydrogen-bond donors (Lipinski definition) is 6. The maximum Gasteiger partial charge on any atom is 1.00 e. The smallest absolute Gasteiger partial charge is 0.716 e. The van der Waals surface area contributed by atoms with Crippen LogP contribution >= 0.6 is 0 Å². The predicted octanol–water partition coefficient (Wildman–Crippen LogP) is -11.0. The number of carbonyl (C=O) groups is 2. The Morgan fingerprint density at radius 2 is 1.03 bits per heavy atom. The first-order chi connectivity index (χ1) is 14.5. The Morgan fingerprint density at radius 1 is 0.765 bits per heavy atom. The topological polar surface area (TPSA) is 307 Å². The number of aliphatic hydroxyl groups excluding tert-OH is 6. The van der Waals surface area contributed by atoms with Gasteiger partial charge in [-0.3, -0.25) is 0 Å². The molecule has 0 bridgehead atoms. The fraction of sp³-hybridized carbons (Fsp3) is 0.500. The van der Waals surface area contributed by atoms with Crippen LogP contribution in [0.15, 0.2) is 23.0 Å². The molecule has 18 nitrogen and oxygen atoms in total. The van der Waals surface area contributed by atoms with Gasteiger partial charge in [0.05, 0.1) is 13.2 Å². The molecule has 0 radical (unpaired) electrons. The normalized spacial score (nSPS) is 21.8. The van der Waals surface area contributed by atoms with Crippen LogP contribution in [0.5, 0.6) is 0 Å². The molecule has 0 spiro atoms. The van der Waals surface area contributed by atoms with E-state index in [-0.39, 0.29) is 103 Å². The molecule has 2 rings (SSSR count). The number of cyclic esters (lactones) is 2. The molecule has 6 N–H and O–H groups in total. The second-order valence-electron chi connectivity index (χ2n) is 5.56. The number of ether oxygens (including phenoxy) is 2. The average Bonchev–Trinajstić information content (AvgIpc) is 3.10. The molecular weight excluding hydrogens is 574 g/mol. The van der Waals surface area contributed by atoms with Crippen LogP contribution in [0.25, 0.3) is 0 Å². The van der Waals surface area contributed by atoms with E-state index in [0.29, 0.717) is 0 Å². The van der Waals surface area contributed by atoms with E-state index in [4.69, 9.17) is 20.4 Å². The van der Waals surface area contributed by atoms with E-state index >= 15 is 0 Å². The van der Waals surface area contributed by atoms with Crippen molar-refractivity contribution in [2.45, 2.75) is 24.4 Å². The molecule has 2 aliphatic rings. The molecule has 2 aliphatic heterocycles. The third kappa shape index (κ3) is 10.9. The van der Waals surface area contributed by atoms with Gasteiger partial charge in [-0.25, -0.2) is 26.4 Å². The molecule has 0 saturated carbocycles. The second kappa shape index (κ2) is 15.1. The molecule has 0 aromatic carbocycles. The molecular formula is C12H14K2O18S2. The van der Waals surface area contributed by atoms with Crippen LogP contribution in [0, 0.1) is 0 Å². The van der Waals surface area contributed by atoms with Crippen molar-refractivity contribution in [2.75, 3.05) is 13.2 Å². The summed E-state index contributed by atoms with van der Waals surface area (Å²) >= 11 is 0. The molecule has 0 amide bonds. The van der Waals surface area contributed by atoms with Crippen molar-refractivity contribution in [3.8, 4) is 0 Å². The summed E-state index contributed by atoms with van der Waals surface area (Å²) in [6.07, 6.45) is -6.62. The summed E-state index contributed by atoms with van der Waals surface area (Å²) in [6, 6.07) is 0. The van der Waals surface area contributed by atoms with E-state index in [2.05, 4.69) is 17.8 Å². The standard InChI is InChI=1S/2C6H8O9S.2K/c2*7-1-2(8)4-3(9)5(6(10)14-4)15-16(11,12)13;;/h2*2,4,7-9H,1H2,(H,11,12,13);;/q;;2*+1/p-2/t2*2-,4+;;/m00../s1. The second-order valence-corrected chi connectivity index (χ2v) is 7.53. The fourth-order valence-corrected chi connectivity index (χ4v) is 2.70. The number of hydrogen-bond acceptors (Lipinski definition) is 18. The van der Waals surface area contributed by atoms with Crippen molar-refractivity contribution in [1.82, 2.24) is 0 Å². The van der Waals surface area contributed by atoms with Crippen LogP contribution in [0.1, 0.15) is 0 Å². The molecule has 184 valence electrons. The van der Waals surface area contributed by atoms with Crippen molar-refractivity contribution in [1.29, 1.82) is 0 Å². The zero-order valence-electron chi connectivity index (χ0n) is 17.1. The fourth-order valence-electron chi connectivity index (χ4n) is 1.99. The van der Waals surface area contributed by atoms with Crippen molar-refractivity contribution < 1.29 is 187 Å². The van der Waals surface area contributed by atoms with Crippen LogP contribution in [0.2, 0.25) is 0 Å². The molecule has 0 aromatic heterocycles. The Morgan fingerprint density at radius 3 is 1.24 bits per heavy atom. The average molecular weight is 589 g/mol. The predicted molar refractivity (Wildman–Crippen MR) is 86.8 cm³/mol. The van der Waals surface area contributed by atoms with E-state index in [9.17, 15) is 45.7 Å². The van der Waals surface area contributed by atoms with Gasteiger partial charge in [-0.2, -0.15) is 0 Å². The maximum atomic E-state index is 10.9. The van der Waals surface area contributed by atoms with Gasteiger partial charge in [0.25, 0.3) is 32.3 Å². The summed E-state index contributed by atoms with van der Waals surface area (Å²) in [6.45, 7) is -1.70. The maximum absolute atomic E-state index is 10.9. The van der Waals surface area contributed by atoms with Gasteiger partial charge in [0.1, 0.15) is 12.2 Å². The Hall–Kier alpha value is 0.553. The van der Waals surface area contributed by atoms with Gasteiger partial charge < -0.3 is 57.6 Å². The van der Waals surface area contributed by atoms with Gasteiger partial charge in [-0.05, 0) is 0 Å². The van der Waals surface area contributed by atoms with Gasteiger partial charge >= 0.3 is 115 Å². The molecule has 22 heteroatoms. The van der Waals surface area contributed by atoms with Gasteiger partial charge in [0.2, 0.25) is 0 Å². The van der Waals surface area contributed by atoms with Crippen molar-refractivity contribution in [3.05, 3.63) is 23.0 Å². The van der Waals surface area contributed by atoms with Crippen molar-refractivity contribution in [3.63, 3.8) is 0 Å². The van der Waals surface area contributed by atoms with Crippen LogP contribution in [-0.2, 0) is 48.2 Å². The van der Waals surface area contributed by atoms with Crippen molar-refractivity contribution in [2.24, 2.45) is 0 Å². The molecule has 0 saturated heterocycles. The summed E-state index contributed by atoms with van der Waals surface area (Å²) in [7, 11) is -10.5. The van der Waals surface area contributed by atoms with Gasteiger partial charge in [-0.15, -0.1) is 0 Å². The zero-order chi connectivity index (χ0) is 25.0. The Balaban J connectivity index is 0. The summed E-state index contributed by atoms with van der Waals surface area (Å²) in [4.78, 5) is 21.9. The summed E-state index contributed by atoms with van der Waals surface area (Å²) in [5, 5.41) is 53.6. The minimum absolute atomic E-state index is 0. The van der Waals surface area contributed by atoms with Crippen LogP contribution in [0.3, 0.4) is 0 Å². The van der Waals surface area contributed by atoms with Gasteiger partial charge in [0.15, 0.2) is 23.7 Å².